The lowest BCUT2D eigenvalue weighted by Crippen LogP contribution is -2.24. The molecule has 5 N–H and O–H groups in total. The van der Waals surface area contributed by atoms with Gasteiger partial charge in [0.2, 0.25) is 11.3 Å². The van der Waals surface area contributed by atoms with E-state index in [-0.39, 0.29) is 23.3 Å². The summed E-state index contributed by atoms with van der Waals surface area (Å²) < 4.78 is 15.2. The van der Waals surface area contributed by atoms with Crippen molar-refractivity contribution in [3.05, 3.63) is 70.3 Å². The zero-order chi connectivity index (χ0) is 20.3. The van der Waals surface area contributed by atoms with Crippen molar-refractivity contribution in [2.45, 2.75) is 19.4 Å². The second-order valence-electron chi connectivity index (χ2n) is 6.33. The molecule has 0 bridgehead atoms. The van der Waals surface area contributed by atoms with Gasteiger partial charge in [-0.05, 0) is 36.8 Å². The normalized spacial score (nSPS) is 10.8. The molecule has 3 rings (SSSR count). The first-order valence-electron chi connectivity index (χ1n) is 8.63. The van der Waals surface area contributed by atoms with E-state index in [0.717, 1.165) is 6.07 Å². The first-order chi connectivity index (χ1) is 13.4. The molecule has 2 amide bonds. The molecule has 0 radical (unpaired) electrons. The molecule has 8 heteroatoms. The number of benzene rings is 2. The highest BCUT2D eigenvalue weighted by Crippen LogP contribution is 2.18. The standard InChI is InChI=1S/C20H19FN4O3/c21-12-7-8-17-13(10-12)19(27)14(20(23)28)11-25(17)9-3-6-18(26)24-16-5-2-1-4-15(16)22/h1-2,4-5,7-8,10-11H,3,6,9,22H2,(H2,23,28)(H,24,26). The second-order valence-corrected chi connectivity index (χ2v) is 6.33. The number of hydrogen-bond acceptors (Lipinski definition) is 4. The van der Waals surface area contributed by atoms with Gasteiger partial charge in [0.1, 0.15) is 11.4 Å². The van der Waals surface area contributed by atoms with Crippen LogP contribution in [0.4, 0.5) is 15.8 Å². The van der Waals surface area contributed by atoms with Crippen molar-refractivity contribution in [1.29, 1.82) is 0 Å². The van der Waals surface area contributed by atoms with Crippen molar-refractivity contribution in [1.82, 2.24) is 4.57 Å². The number of fused-ring (bicyclic) bond motifs is 1. The van der Waals surface area contributed by atoms with Crippen molar-refractivity contribution in [3.8, 4) is 0 Å². The van der Waals surface area contributed by atoms with E-state index >= 15 is 0 Å². The van der Waals surface area contributed by atoms with Gasteiger partial charge in [0.15, 0.2) is 0 Å². The number of para-hydroxylation sites is 2. The number of rotatable bonds is 6. The zero-order valence-corrected chi connectivity index (χ0v) is 14.9. The van der Waals surface area contributed by atoms with Gasteiger partial charge in [-0.2, -0.15) is 0 Å². The predicted octanol–water partition coefficient (Wildman–Crippen LogP) is 2.24. The van der Waals surface area contributed by atoms with Gasteiger partial charge in [0.05, 0.1) is 16.9 Å². The number of pyridine rings is 1. The molecule has 7 nitrogen and oxygen atoms in total. The molecule has 0 aliphatic carbocycles. The summed E-state index contributed by atoms with van der Waals surface area (Å²) in [7, 11) is 0. The molecular weight excluding hydrogens is 363 g/mol. The lowest BCUT2D eigenvalue weighted by molar-refractivity contribution is -0.116. The van der Waals surface area contributed by atoms with E-state index in [1.54, 1.807) is 28.8 Å². The van der Waals surface area contributed by atoms with E-state index < -0.39 is 17.2 Å². The third-order valence-electron chi connectivity index (χ3n) is 4.35. The first-order valence-corrected chi connectivity index (χ1v) is 8.63. The number of nitrogens with two attached hydrogens (primary N) is 2. The molecule has 0 saturated carbocycles. The first kappa shape index (κ1) is 19.1. The minimum Gasteiger partial charge on any atom is -0.397 e. The Labute approximate surface area is 159 Å². The summed E-state index contributed by atoms with van der Waals surface area (Å²) in [5.41, 5.74) is 11.7. The van der Waals surface area contributed by atoms with E-state index in [2.05, 4.69) is 5.32 Å². The van der Waals surface area contributed by atoms with E-state index in [1.807, 2.05) is 0 Å². The van der Waals surface area contributed by atoms with Crippen molar-refractivity contribution in [2.75, 3.05) is 11.1 Å². The van der Waals surface area contributed by atoms with Crippen LogP contribution in [0.25, 0.3) is 10.9 Å². The number of hydrogen-bond donors (Lipinski definition) is 3. The van der Waals surface area contributed by atoms with Crippen LogP contribution in [0, 0.1) is 5.82 Å². The van der Waals surface area contributed by atoms with Crippen LogP contribution in [-0.2, 0) is 11.3 Å². The zero-order valence-electron chi connectivity index (χ0n) is 14.9. The molecule has 0 fully saturated rings. The molecular formula is C20H19FN4O3. The molecule has 2 aromatic carbocycles. The average molecular weight is 382 g/mol. The highest BCUT2D eigenvalue weighted by molar-refractivity contribution is 5.96. The topological polar surface area (TPSA) is 120 Å². The van der Waals surface area contributed by atoms with E-state index in [9.17, 15) is 18.8 Å². The van der Waals surface area contributed by atoms with Gasteiger partial charge in [-0.25, -0.2) is 4.39 Å². The Morgan fingerprint density at radius 2 is 1.89 bits per heavy atom. The molecule has 0 aliphatic heterocycles. The smallest absolute Gasteiger partial charge is 0.254 e. The van der Waals surface area contributed by atoms with Crippen LogP contribution < -0.4 is 22.2 Å². The number of nitrogen functional groups attached to an aromatic ring is 1. The number of anilines is 2. The Kier molecular flexibility index (Phi) is 5.39. The lowest BCUT2D eigenvalue weighted by atomic mass is 10.1. The van der Waals surface area contributed by atoms with Crippen molar-refractivity contribution < 1.29 is 14.0 Å². The fourth-order valence-electron chi connectivity index (χ4n) is 2.96. The fourth-order valence-corrected chi connectivity index (χ4v) is 2.96. The number of halogens is 1. The van der Waals surface area contributed by atoms with Crippen molar-refractivity contribution in [3.63, 3.8) is 0 Å². The largest absolute Gasteiger partial charge is 0.397 e. The number of nitrogens with zero attached hydrogens (tertiary/aromatic N) is 1. The van der Waals surface area contributed by atoms with E-state index in [0.29, 0.717) is 29.9 Å². The molecule has 0 unspecified atom stereocenters. The van der Waals surface area contributed by atoms with Gasteiger partial charge < -0.3 is 21.4 Å². The third-order valence-corrected chi connectivity index (χ3v) is 4.35. The number of carbonyl (C=O) groups is 2. The average Bonchev–Trinajstić information content (AvgIpc) is 2.65. The number of aryl methyl sites for hydroxylation is 1. The van der Waals surface area contributed by atoms with Gasteiger partial charge in [-0.15, -0.1) is 0 Å². The number of primary amides is 1. The SMILES string of the molecule is NC(=O)c1cn(CCCC(=O)Nc2ccccc2N)c2ccc(F)cc2c1=O. The Balaban J connectivity index is 1.78. The number of carbonyl (C=O) groups excluding carboxylic acids is 2. The summed E-state index contributed by atoms with van der Waals surface area (Å²) in [4.78, 5) is 36.0. The maximum absolute atomic E-state index is 13.6. The summed E-state index contributed by atoms with van der Waals surface area (Å²) in [5, 5.41) is 2.80. The van der Waals surface area contributed by atoms with Crippen LogP contribution in [0.5, 0.6) is 0 Å². The van der Waals surface area contributed by atoms with Gasteiger partial charge in [0.25, 0.3) is 5.91 Å². The van der Waals surface area contributed by atoms with E-state index in [1.165, 1.54) is 18.3 Å². The van der Waals surface area contributed by atoms with Crippen LogP contribution in [0.3, 0.4) is 0 Å². The third kappa shape index (κ3) is 4.01. The molecule has 0 atom stereocenters. The summed E-state index contributed by atoms with van der Waals surface area (Å²) in [6.45, 7) is 0.334. The molecule has 0 saturated heterocycles. The van der Waals surface area contributed by atoms with Crippen LogP contribution >= 0.6 is 0 Å². The second kappa shape index (κ2) is 7.91. The monoisotopic (exact) mass is 382 g/mol. The number of nitrogens with one attached hydrogen (secondary N) is 1. The molecule has 28 heavy (non-hydrogen) atoms. The van der Waals surface area contributed by atoms with Crippen LogP contribution in [0.1, 0.15) is 23.2 Å². The van der Waals surface area contributed by atoms with Gasteiger partial charge in [-0.3, -0.25) is 14.4 Å². The van der Waals surface area contributed by atoms with Crippen molar-refractivity contribution in [2.24, 2.45) is 5.73 Å². The van der Waals surface area contributed by atoms with Crippen LogP contribution in [0.15, 0.2) is 53.5 Å². The fraction of sp³-hybridized carbons (Fsp3) is 0.150. The van der Waals surface area contributed by atoms with Gasteiger partial charge >= 0.3 is 0 Å². The van der Waals surface area contributed by atoms with Gasteiger partial charge in [0, 0.05) is 24.5 Å². The predicted molar refractivity (Wildman–Crippen MR) is 105 cm³/mol. The molecule has 0 aliphatic rings. The maximum Gasteiger partial charge on any atom is 0.254 e. The molecule has 1 heterocycles. The molecule has 1 aromatic heterocycles. The van der Waals surface area contributed by atoms with Crippen LogP contribution in [-0.4, -0.2) is 16.4 Å². The summed E-state index contributed by atoms with van der Waals surface area (Å²) in [6, 6.07) is 10.7. The maximum atomic E-state index is 13.6. The number of aromatic nitrogens is 1. The highest BCUT2D eigenvalue weighted by Gasteiger charge is 2.14. The minimum absolute atomic E-state index is 0.0674. The molecule has 3 aromatic rings. The Morgan fingerprint density at radius 1 is 1.14 bits per heavy atom. The molecule has 144 valence electrons. The van der Waals surface area contributed by atoms with E-state index in [4.69, 9.17) is 11.5 Å². The van der Waals surface area contributed by atoms with Crippen molar-refractivity contribution >= 4 is 34.1 Å². The summed E-state index contributed by atoms with van der Waals surface area (Å²) >= 11 is 0. The summed E-state index contributed by atoms with van der Waals surface area (Å²) in [5.74, 6) is -1.69. The summed E-state index contributed by atoms with van der Waals surface area (Å²) in [6.07, 6.45) is 1.96. The Bertz CT molecular complexity index is 1120. The Morgan fingerprint density at radius 3 is 2.61 bits per heavy atom. The highest BCUT2D eigenvalue weighted by atomic mass is 19.1. The number of amides is 2. The molecule has 0 spiro atoms. The van der Waals surface area contributed by atoms with Gasteiger partial charge in [-0.1, -0.05) is 12.1 Å². The lowest BCUT2D eigenvalue weighted by Gasteiger charge is -2.13. The quantitative estimate of drug-likeness (QED) is 0.566. The Hall–Kier alpha value is -3.68. The minimum atomic E-state index is -0.887. The van der Waals surface area contributed by atoms with Crippen LogP contribution in [0.2, 0.25) is 0 Å².